The first kappa shape index (κ1) is 38.7. The quantitative estimate of drug-likeness (QED) is 0.135. The van der Waals surface area contributed by atoms with Gasteiger partial charge >= 0.3 is 17.9 Å². The number of hydrogen-bond donors (Lipinski definition) is 3. The molecule has 1 unspecified atom stereocenters. The van der Waals surface area contributed by atoms with E-state index >= 15 is 4.79 Å². The zero-order valence-corrected chi connectivity index (χ0v) is 34.5. The fourth-order valence-electron chi connectivity index (χ4n) is 12.9. The van der Waals surface area contributed by atoms with Crippen LogP contribution in [0.25, 0.3) is 10.9 Å². The summed E-state index contributed by atoms with van der Waals surface area (Å²) in [7, 11) is 6.18. The van der Waals surface area contributed by atoms with Crippen molar-refractivity contribution >= 4 is 40.2 Å². The maximum atomic E-state index is 15.2. The smallest absolute Gasteiger partial charge is 0.344 e. The molecule has 2 bridgehead atoms. The Bertz CT molecular complexity index is 2300. The van der Waals surface area contributed by atoms with Gasteiger partial charge in [0.05, 0.1) is 27.4 Å². The molecule has 1 saturated heterocycles. The SMILES string of the molecule is CCC1=C[C@H]2CN(C1)Cc1c([nH]c3ccc(N)cc13)[C@@](C(=O)OC)(c1cc3c(cc1OC)N(C)[C@H]1[C@@](O)(C(=O)OC)[C@H](OC(C)=O)[C@]4(CC)C=CCN5CC[C@]31[C@@H]54)C2. The van der Waals surface area contributed by atoms with E-state index in [1.54, 1.807) is 7.11 Å². The number of H-pyrrole nitrogens is 1. The van der Waals surface area contributed by atoms with Gasteiger partial charge in [0, 0.05) is 96.6 Å². The first-order valence-electron chi connectivity index (χ1n) is 20.5. The molecule has 1 aromatic heterocycles. The van der Waals surface area contributed by atoms with E-state index < -0.39 is 51.9 Å². The first-order chi connectivity index (χ1) is 27.8. The van der Waals surface area contributed by atoms with Gasteiger partial charge in [-0.1, -0.05) is 37.6 Å². The summed E-state index contributed by atoms with van der Waals surface area (Å²) in [4.78, 5) is 53.1. The minimum Gasteiger partial charge on any atom is -0.496 e. The number of anilines is 2. The first-order valence-corrected chi connectivity index (χ1v) is 20.5. The summed E-state index contributed by atoms with van der Waals surface area (Å²) in [6.45, 7) is 9.02. The van der Waals surface area contributed by atoms with Gasteiger partial charge in [0.15, 0.2) is 6.10 Å². The molecular formula is C45H55N5O8. The number of aliphatic hydroxyl groups is 1. The number of benzene rings is 2. The standard InChI is InChI=1S/C45H55N5O8/c1-8-26-17-27-21-44(40(52)56-6,36-30(24-49(22-26)23-27)29-18-28(46)11-12-33(29)47-36)32-19-31-34(20-35(32)55-5)48(4)38-43(31)14-16-50-15-10-13-42(9-2,37(43)50)39(58-25(3)51)45(38,54)41(53)57-7/h10-13,17-20,27,37-39,47,54H,8-9,14-16,21-24,46H2,1-7H3/t27-,37+,38-,39-,42-,43-,44+,45+/m1/s1. The third-order valence-corrected chi connectivity index (χ3v) is 14.9. The average Bonchev–Trinajstić information content (AvgIpc) is 3.86. The van der Waals surface area contributed by atoms with Gasteiger partial charge in [0.25, 0.3) is 0 Å². The highest BCUT2D eigenvalue weighted by molar-refractivity contribution is 5.95. The number of rotatable bonds is 7. The molecule has 5 aliphatic heterocycles. The van der Waals surface area contributed by atoms with Crippen LogP contribution in [0.1, 0.15) is 68.8 Å². The minimum absolute atomic E-state index is 0.000701. The number of fused-ring (bicyclic) bond motifs is 6. The summed E-state index contributed by atoms with van der Waals surface area (Å²) in [5.41, 5.74) is 7.73. The Balaban J connectivity index is 1.37. The van der Waals surface area contributed by atoms with E-state index in [9.17, 15) is 14.7 Å². The summed E-state index contributed by atoms with van der Waals surface area (Å²) >= 11 is 0. The second-order valence-corrected chi connectivity index (χ2v) is 17.4. The Morgan fingerprint density at radius 1 is 1.02 bits per heavy atom. The number of methoxy groups -OCH3 is 3. The van der Waals surface area contributed by atoms with Crippen molar-refractivity contribution in [3.05, 3.63) is 76.5 Å². The fraction of sp³-hybridized carbons (Fsp3) is 0.533. The van der Waals surface area contributed by atoms with Crippen LogP contribution in [0.15, 0.2) is 54.1 Å². The van der Waals surface area contributed by atoms with Gasteiger partial charge in [-0.25, -0.2) is 4.79 Å². The van der Waals surface area contributed by atoms with Crippen molar-refractivity contribution in [2.24, 2.45) is 11.3 Å². The molecular weight excluding hydrogens is 739 g/mol. The largest absolute Gasteiger partial charge is 0.496 e. The average molecular weight is 794 g/mol. The normalized spacial score (nSPS) is 34.5. The van der Waals surface area contributed by atoms with Crippen LogP contribution in [0.3, 0.4) is 0 Å². The minimum atomic E-state index is -2.29. The number of likely N-dealkylation sites (N-methyl/N-ethyl adjacent to an activating group) is 1. The van der Waals surface area contributed by atoms with Crippen LogP contribution in [-0.2, 0) is 46.0 Å². The number of nitrogens with one attached hydrogen (secondary N) is 1. The van der Waals surface area contributed by atoms with E-state index in [0.717, 1.165) is 52.9 Å². The summed E-state index contributed by atoms with van der Waals surface area (Å²) in [5, 5.41) is 14.3. The molecule has 58 heavy (non-hydrogen) atoms. The number of nitrogens with zero attached hydrogens (tertiary/aromatic N) is 3. The van der Waals surface area contributed by atoms with Crippen molar-refractivity contribution in [3.8, 4) is 5.75 Å². The van der Waals surface area contributed by atoms with Crippen molar-refractivity contribution in [3.63, 3.8) is 0 Å². The molecule has 3 aromatic rings. The Hall–Kier alpha value is -4.85. The third kappa shape index (κ3) is 4.83. The zero-order valence-electron chi connectivity index (χ0n) is 34.5. The number of carbonyl (C=O) groups excluding carboxylic acids is 3. The van der Waals surface area contributed by atoms with Gasteiger partial charge in [-0.3, -0.25) is 19.4 Å². The lowest BCUT2D eigenvalue weighted by Gasteiger charge is -2.63. The molecule has 6 heterocycles. The van der Waals surface area contributed by atoms with E-state index in [1.807, 2.05) is 43.1 Å². The van der Waals surface area contributed by atoms with Crippen LogP contribution in [0, 0.1) is 11.3 Å². The number of esters is 3. The monoisotopic (exact) mass is 793 g/mol. The molecule has 1 spiro atoms. The molecule has 1 aliphatic carbocycles. The summed E-state index contributed by atoms with van der Waals surface area (Å²) < 4.78 is 23.9. The number of nitrogen functional groups attached to an aromatic ring is 1. The fourth-order valence-corrected chi connectivity index (χ4v) is 12.9. The van der Waals surface area contributed by atoms with Gasteiger partial charge in [-0.05, 0) is 73.5 Å². The van der Waals surface area contributed by atoms with Gasteiger partial charge in [-0.2, -0.15) is 0 Å². The van der Waals surface area contributed by atoms with Crippen LogP contribution in [0.4, 0.5) is 11.4 Å². The van der Waals surface area contributed by atoms with E-state index in [0.29, 0.717) is 55.9 Å². The van der Waals surface area contributed by atoms with Crippen molar-refractivity contribution in [2.45, 2.75) is 87.6 Å². The zero-order chi connectivity index (χ0) is 41.1. The number of aromatic nitrogens is 1. The van der Waals surface area contributed by atoms with E-state index in [1.165, 1.54) is 26.7 Å². The van der Waals surface area contributed by atoms with Crippen molar-refractivity contribution < 1.29 is 38.4 Å². The molecule has 308 valence electrons. The topological polar surface area (TPSA) is 160 Å². The van der Waals surface area contributed by atoms with Crippen LogP contribution >= 0.6 is 0 Å². The highest BCUT2D eigenvalue weighted by Gasteiger charge is 2.80. The number of aromatic amines is 1. The lowest BCUT2D eigenvalue weighted by Crippen LogP contribution is -2.81. The Labute approximate surface area is 339 Å². The van der Waals surface area contributed by atoms with Gasteiger partial charge in [0.1, 0.15) is 11.2 Å². The molecule has 0 radical (unpaired) electrons. The highest BCUT2D eigenvalue weighted by atomic mass is 16.6. The molecule has 6 aliphatic rings. The van der Waals surface area contributed by atoms with Crippen LogP contribution in [0.2, 0.25) is 0 Å². The Morgan fingerprint density at radius 2 is 1.79 bits per heavy atom. The highest BCUT2D eigenvalue weighted by Crippen LogP contribution is 2.68. The molecule has 9 rings (SSSR count). The molecule has 1 saturated carbocycles. The van der Waals surface area contributed by atoms with Crippen LogP contribution < -0.4 is 15.4 Å². The Morgan fingerprint density at radius 3 is 2.48 bits per heavy atom. The number of hydrogen-bond acceptors (Lipinski definition) is 12. The molecule has 13 heteroatoms. The summed E-state index contributed by atoms with van der Waals surface area (Å²) in [6.07, 6.45) is 7.55. The van der Waals surface area contributed by atoms with Crippen molar-refractivity contribution in [2.75, 3.05) is 65.2 Å². The number of nitrogens with two attached hydrogens (primary N) is 1. The van der Waals surface area contributed by atoms with Crippen molar-refractivity contribution in [1.82, 2.24) is 14.8 Å². The second kappa shape index (κ2) is 13.3. The Kier molecular flexibility index (Phi) is 8.89. The van der Waals surface area contributed by atoms with Crippen molar-refractivity contribution in [1.29, 1.82) is 0 Å². The molecule has 4 N–H and O–H groups in total. The van der Waals surface area contributed by atoms with E-state index in [4.69, 9.17) is 24.7 Å². The molecule has 0 amide bonds. The maximum Gasteiger partial charge on any atom is 0.344 e. The summed E-state index contributed by atoms with van der Waals surface area (Å²) in [6, 6.07) is 8.68. The molecule has 2 fully saturated rings. The molecule has 9 atom stereocenters. The van der Waals surface area contributed by atoms with E-state index in [2.05, 4.69) is 46.0 Å². The summed E-state index contributed by atoms with van der Waals surface area (Å²) in [5.74, 6) is -1.41. The predicted molar refractivity (Wildman–Crippen MR) is 218 cm³/mol. The third-order valence-electron chi connectivity index (χ3n) is 14.9. The lowest BCUT2D eigenvalue weighted by atomic mass is 9.47. The number of ether oxygens (including phenoxy) is 4. The maximum absolute atomic E-state index is 15.2. The van der Waals surface area contributed by atoms with Gasteiger partial charge < -0.3 is 39.7 Å². The predicted octanol–water partition coefficient (Wildman–Crippen LogP) is 4.34. The lowest BCUT2D eigenvalue weighted by molar-refractivity contribution is -0.228. The second-order valence-electron chi connectivity index (χ2n) is 17.4. The van der Waals surface area contributed by atoms with E-state index in [-0.39, 0.29) is 12.0 Å². The van der Waals surface area contributed by atoms with Gasteiger partial charge in [0.2, 0.25) is 5.60 Å². The molecule has 2 aromatic carbocycles. The van der Waals surface area contributed by atoms with Crippen LogP contribution in [0.5, 0.6) is 5.75 Å². The number of carbonyl (C=O) groups is 3. The van der Waals surface area contributed by atoms with Crippen LogP contribution in [-0.4, -0.2) is 116 Å². The molecule has 13 nitrogen and oxygen atoms in total. The van der Waals surface area contributed by atoms with Gasteiger partial charge in [-0.15, -0.1) is 0 Å².